The zero-order valence-corrected chi connectivity index (χ0v) is 13.4. The molecule has 1 aliphatic heterocycles. The van der Waals surface area contributed by atoms with Crippen LogP contribution < -0.4 is 5.32 Å². The molecule has 0 aromatic rings. The van der Waals surface area contributed by atoms with Gasteiger partial charge in [0.1, 0.15) is 0 Å². The Kier molecular flexibility index (Phi) is 5.70. The minimum atomic E-state index is 0.523. The number of hydrogen-bond donors (Lipinski definition) is 1. The normalized spacial score (nSPS) is 31.6. The summed E-state index contributed by atoms with van der Waals surface area (Å²) >= 11 is 0. The van der Waals surface area contributed by atoms with Gasteiger partial charge in [0.25, 0.3) is 0 Å². The molecule has 0 aromatic carbocycles. The molecule has 1 aliphatic carbocycles. The van der Waals surface area contributed by atoms with Crippen molar-refractivity contribution in [3.63, 3.8) is 0 Å². The third kappa shape index (κ3) is 4.19. The average molecular weight is 266 g/mol. The zero-order chi connectivity index (χ0) is 13.7. The second-order valence-corrected chi connectivity index (χ2v) is 7.46. The van der Waals surface area contributed by atoms with E-state index in [1.165, 1.54) is 71.1 Å². The van der Waals surface area contributed by atoms with E-state index in [1.54, 1.807) is 0 Å². The SMILES string of the molecule is CCCN(CC1CCCNC1)C1CCCCC1(C)C. The van der Waals surface area contributed by atoms with Crippen molar-refractivity contribution in [2.45, 2.75) is 71.8 Å². The van der Waals surface area contributed by atoms with Crippen LogP contribution in [0.25, 0.3) is 0 Å². The molecule has 2 aliphatic rings. The van der Waals surface area contributed by atoms with Crippen molar-refractivity contribution in [2.24, 2.45) is 11.3 Å². The predicted octanol–water partition coefficient (Wildman–Crippen LogP) is 3.67. The highest BCUT2D eigenvalue weighted by atomic mass is 15.2. The Labute approximate surface area is 120 Å². The maximum Gasteiger partial charge on any atom is 0.0146 e. The van der Waals surface area contributed by atoms with E-state index in [9.17, 15) is 0 Å². The van der Waals surface area contributed by atoms with E-state index in [0.717, 1.165) is 12.0 Å². The van der Waals surface area contributed by atoms with Crippen LogP contribution in [-0.4, -0.2) is 37.1 Å². The van der Waals surface area contributed by atoms with Gasteiger partial charge in [0.05, 0.1) is 0 Å². The van der Waals surface area contributed by atoms with Crippen LogP contribution in [0.4, 0.5) is 0 Å². The highest BCUT2D eigenvalue weighted by Gasteiger charge is 2.36. The molecule has 2 heteroatoms. The first-order chi connectivity index (χ1) is 9.13. The Morgan fingerprint density at radius 3 is 2.63 bits per heavy atom. The van der Waals surface area contributed by atoms with Gasteiger partial charge in [0.2, 0.25) is 0 Å². The van der Waals surface area contributed by atoms with Gasteiger partial charge < -0.3 is 5.32 Å². The minimum absolute atomic E-state index is 0.523. The summed E-state index contributed by atoms with van der Waals surface area (Å²) in [5.74, 6) is 0.887. The van der Waals surface area contributed by atoms with Gasteiger partial charge in [0.15, 0.2) is 0 Å². The molecular weight excluding hydrogens is 232 g/mol. The molecule has 1 saturated heterocycles. The molecule has 2 atom stereocenters. The summed E-state index contributed by atoms with van der Waals surface area (Å²) < 4.78 is 0. The van der Waals surface area contributed by atoms with E-state index in [2.05, 4.69) is 31.0 Å². The van der Waals surface area contributed by atoms with Crippen LogP contribution in [0.1, 0.15) is 65.7 Å². The van der Waals surface area contributed by atoms with Crippen molar-refractivity contribution in [1.29, 1.82) is 0 Å². The van der Waals surface area contributed by atoms with Crippen molar-refractivity contribution in [3.8, 4) is 0 Å². The Balaban J connectivity index is 1.96. The summed E-state index contributed by atoms with van der Waals surface area (Å²) in [7, 11) is 0. The topological polar surface area (TPSA) is 15.3 Å². The molecule has 2 unspecified atom stereocenters. The third-order valence-corrected chi connectivity index (χ3v) is 5.29. The summed E-state index contributed by atoms with van der Waals surface area (Å²) in [4.78, 5) is 2.84. The lowest BCUT2D eigenvalue weighted by Crippen LogP contribution is -2.50. The molecule has 0 spiro atoms. The molecule has 0 amide bonds. The van der Waals surface area contributed by atoms with Gasteiger partial charge in [0, 0.05) is 12.6 Å². The van der Waals surface area contributed by atoms with Crippen molar-refractivity contribution >= 4 is 0 Å². The smallest absolute Gasteiger partial charge is 0.0146 e. The molecule has 2 nitrogen and oxygen atoms in total. The molecule has 1 heterocycles. The fraction of sp³-hybridized carbons (Fsp3) is 1.00. The predicted molar refractivity (Wildman–Crippen MR) is 83.5 cm³/mol. The number of rotatable bonds is 5. The van der Waals surface area contributed by atoms with E-state index in [0.29, 0.717) is 5.41 Å². The zero-order valence-electron chi connectivity index (χ0n) is 13.4. The fourth-order valence-electron chi connectivity index (χ4n) is 4.23. The minimum Gasteiger partial charge on any atom is -0.316 e. The molecule has 2 fully saturated rings. The molecule has 2 rings (SSSR count). The maximum atomic E-state index is 3.58. The Morgan fingerprint density at radius 1 is 1.16 bits per heavy atom. The standard InChI is InChI=1S/C17H34N2/c1-4-12-19(14-15-8-7-11-18-13-15)16-9-5-6-10-17(16,2)3/h15-16,18H,4-14H2,1-3H3. The van der Waals surface area contributed by atoms with E-state index in [1.807, 2.05) is 0 Å². The Morgan fingerprint density at radius 2 is 2.00 bits per heavy atom. The van der Waals surface area contributed by atoms with Crippen molar-refractivity contribution in [3.05, 3.63) is 0 Å². The van der Waals surface area contributed by atoms with E-state index >= 15 is 0 Å². The molecule has 112 valence electrons. The van der Waals surface area contributed by atoms with Gasteiger partial charge in [-0.05, 0) is 63.1 Å². The summed E-state index contributed by atoms with van der Waals surface area (Å²) in [5, 5.41) is 3.58. The first kappa shape index (κ1) is 15.3. The average Bonchev–Trinajstić information content (AvgIpc) is 2.39. The van der Waals surface area contributed by atoms with Gasteiger partial charge >= 0.3 is 0 Å². The molecule has 1 saturated carbocycles. The lowest BCUT2D eigenvalue weighted by Gasteiger charge is -2.47. The number of nitrogens with one attached hydrogen (secondary N) is 1. The summed E-state index contributed by atoms with van der Waals surface area (Å²) in [5.41, 5.74) is 0.523. The van der Waals surface area contributed by atoms with Gasteiger partial charge in [-0.1, -0.05) is 33.6 Å². The second-order valence-electron chi connectivity index (χ2n) is 7.46. The number of hydrogen-bond acceptors (Lipinski definition) is 2. The first-order valence-electron chi connectivity index (χ1n) is 8.58. The highest BCUT2D eigenvalue weighted by molar-refractivity contribution is 4.90. The summed E-state index contributed by atoms with van der Waals surface area (Å²) in [6.07, 6.45) is 9.82. The van der Waals surface area contributed by atoms with Crippen LogP contribution in [0.5, 0.6) is 0 Å². The molecule has 0 aromatic heterocycles. The van der Waals surface area contributed by atoms with Crippen LogP contribution in [0.15, 0.2) is 0 Å². The second kappa shape index (κ2) is 7.08. The Hall–Kier alpha value is -0.0800. The first-order valence-corrected chi connectivity index (χ1v) is 8.58. The highest BCUT2D eigenvalue weighted by Crippen LogP contribution is 2.39. The lowest BCUT2D eigenvalue weighted by atomic mass is 9.72. The van der Waals surface area contributed by atoms with Crippen LogP contribution >= 0.6 is 0 Å². The maximum absolute atomic E-state index is 3.58. The number of piperidine rings is 1. The lowest BCUT2D eigenvalue weighted by molar-refractivity contribution is 0.0349. The molecule has 19 heavy (non-hydrogen) atoms. The van der Waals surface area contributed by atoms with E-state index < -0.39 is 0 Å². The summed E-state index contributed by atoms with van der Waals surface area (Å²) in [6.45, 7) is 12.4. The van der Waals surface area contributed by atoms with Crippen molar-refractivity contribution in [1.82, 2.24) is 10.2 Å². The van der Waals surface area contributed by atoms with Crippen LogP contribution in [0, 0.1) is 11.3 Å². The van der Waals surface area contributed by atoms with Gasteiger partial charge in [-0.25, -0.2) is 0 Å². The van der Waals surface area contributed by atoms with E-state index in [4.69, 9.17) is 0 Å². The Bertz CT molecular complexity index is 256. The van der Waals surface area contributed by atoms with E-state index in [-0.39, 0.29) is 0 Å². The van der Waals surface area contributed by atoms with Gasteiger partial charge in [-0.15, -0.1) is 0 Å². The van der Waals surface area contributed by atoms with Gasteiger partial charge in [-0.2, -0.15) is 0 Å². The van der Waals surface area contributed by atoms with Crippen molar-refractivity contribution in [2.75, 3.05) is 26.2 Å². The van der Waals surface area contributed by atoms with Crippen LogP contribution in [0.2, 0.25) is 0 Å². The summed E-state index contributed by atoms with van der Waals surface area (Å²) in [6, 6.07) is 0.822. The van der Waals surface area contributed by atoms with Crippen LogP contribution in [-0.2, 0) is 0 Å². The van der Waals surface area contributed by atoms with Crippen LogP contribution in [0.3, 0.4) is 0 Å². The largest absolute Gasteiger partial charge is 0.316 e. The van der Waals surface area contributed by atoms with Gasteiger partial charge in [-0.3, -0.25) is 4.90 Å². The monoisotopic (exact) mass is 266 g/mol. The fourth-order valence-corrected chi connectivity index (χ4v) is 4.23. The molecular formula is C17H34N2. The number of nitrogens with zero attached hydrogens (tertiary/aromatic N) is 1. The molecule has 1 N–H and O–H groups in total. The van der Waals surface area contributed by atoms with Crippen molar-refractivity contribution < 1.29 is 0 Å². The molecule has 0 bridgehead atoms. The quantitative estimate of drug-likeness (QED) is 0.817. The third-order valence-electron chi connectivity index (χ3n) is 5.29. The molecule has 0 radical (unpaired) electrons.